The first-order chi connectivity index (χ1) is 12.6. The highest BCUT2D eigenvalue weighted by atomic mass is 16.4. The van der Waals surface area contributed by atoms with E-state index in [9.17, 15) is 14.7 Å². The van der Waals surface area contributed by atoms with Gasteiger partial charge in [-0.3, -0.25) is 9.78 Å². The van der Waals surface area contributed by atoms with Gasteiger partial charge in [0.25, 0.3) is 5.91 Å². The van der Waals surface area contributed by atoms with E-state index in [1.807, 2.05) is 43.3 Å². The van der Waals surface area contributed by atoms with Gasteiger partial charge < -0.3 is 10.0 Å². The number of carboxylic acid groups (broad SMARTS) is 1. The molecule has 2 aromatic rings. The number of carboxylic acids is 1. The van der Waals surface area contributed by atoms with Crippen LogP contribution in [0.1, 0.15) is 35.3 Å². The second kappa shape index (κ2) is 6.56. The monoisotopic (exact) mass is 350 g/mol. The van der Waals surface area contributed by atoms with Gasteiger partial charge >= 0.3 is 5.97 Å². The van der Waals surface area contributed by atoms with Gasteiger partial charge in [0.1, 0.15) is 6.04 Å². The maximum atomic E-state index is 13.1. The maximum absolute atomic E-state index is 13.1. The van der Waals surface area contributed by atoms with Crippen LogP contribution in [0.25, 0.3) is 11.3 Å². The van der Waals surface area contributed by atoms with Gasteiger partial charge in [-0.15, -0.1) is 0 Å². The standard InChI is InChI=1S/C21H22N2O3/c1-13-16(10-11-18(22-13)14-6-3-2-4-7-14)20(24)23-12-15-8-5-9-17(15)19(23)21(25)26/h2-4,6-7,10-11,15,17,19H,5,8-9,12H2,1H3,(H,25,26). The predicted molar refractivity (Wildman–Crippen MR) is 97.7 cm³/mol. The Hall–Kier alpha value is -2.69. The Bertz CT molecular complexity index is 850. The fourth-order valence-electron chi connectivity index (χ4n) is 4.54. The molecule has 5 heteroatoms. The number of likely N-dealkylation sites (tertiary alicyclic amines) is 1. The van der Waals surface area contributed by atoms with Crippen LogP contribution in [-0.4, -0.2) is 39.5 Å². The lowest BCUT2D eigenvalue weighted by Gasteiger charge is -2.25. The summed E-state index contributed by atoms with van der Waals surface area (Å²) >= 11 is 0. The highest BCUT2D eigenvalue weighted by Gasteiger charge is 2.49. The molecule has 1 N–H and O–H groups in total. The molecule has 5 nitrogen and oxygen atoms in total. The van der Waals surface area contributed by atoms with Gasteiger partial charge in [-0.2, -0.15) is 0 Å². The minimum Gasteiger partial charge on any atom is -0.480 e. The van der Waals surface area contributed by atoms with Crippen LogP contribution in [0.4, 0.5) is 0 Å². The van der Waals surface area contributed by atoms with E-state index in [-0.39, 0.29) is 11.8 Å². The molecular formula is C21H22N2O3. The van der Waals surface area contributed by atoms with Crippen molar-refractivity contribution >= 4 is 11.9 Å². The zero-order chi connectivity index (χ0) is 18.3. The molecule has 4 rings (SSSR count). The van der Waals surface area contributed by atoms with E-state index in [0.717, 1.165) is 30.5 Å². The molecule has 3 unspecified atom stereocenters. The first-order valence-corrected chi connectivity index (χ1v) is 9.13. The van der Waals surface area contributed by atoms with Gasteiger partial charge in [-0.25, -0.2) is 4.79 Å². The van der Waals surface area contributed by atoms with E-state index in [2.05, 4.69) is 4.98 Å². The molecule has 1 aliphatic carbocycles. The van der Waals surface area contributed by atoms with Crippen molar-refractivity contribution < 1.29 is 14.7 Å². The lowest BCUT2D eigenvalue weighted by molar-refractivity contribution is -0.142. The van der Waals surface area contributed by atoms with Crippen LogP contribution < -0.4 is 0 Å². The van der Waals surface area contributed by atoms with E-state index in [1.54, 1.807) is 11.0 Å². The summed E-state index contributed by atoms with van der Waals surface area (Å²) in [6.45, 7) is 2.35. The second-order valence-corrected chi connectivity index (χ2v) is 7.29. The lowest BCUT2D eigenvalue weighted by atomic mass is 9.94. The molecule has 2 aliphatic rings. The molecule has 1 aromatic carbocycles. The fourth-order valence-corrected chi connectivity index (χ4v) is 4.54. The van der Waals surface area contributed by atoms with E-state index in [0.29, 0.717) is 23.7 Å². The smallest absolute Gasteiger partial charge is 0.326 e. The summed E-state index contributed by atoms with van der Waals surface area (Å²) in [6.07, 6.45) is 2.98. The topological polar surface area (TPSA) is 70.5 Å². The third-order valence-corrected chi connectivity index (χ3v) is 5.79. The predicted octanol–water partition coefficient (Wildman–Crippen LogP) is 3.38. The molecule has 1 saturated heterocycles. The van der Waals surface area contributed by atoms with Gasteiger partial charge in [0.15, 0.2) is 0 Å². The third-order valence-electron chi connectivity index (χ3n) is 5.79. The number of nitrogens with zero attached hydrogens (tertiary/aromatic N) is 2. The summed E-state index contributed by atoms with van der Waals surface area (Å²) in [4.78, 5) is 31.0. The lowest BCUT2D eigenvalue weighted by Crippen LogP contribution is -2.43. The number of aryl methyl sites for hydroxylation is 1. The molecule has 134 valence electrons. The number of carbonyl (C=O) groups is 2. The maximum Gasteiger partial charge on any atom is 0.326 e. The second-order valence-electron chi connectivity index (χ2n) is 7.29. The van der Waals surface area contributed by atoms with Gasteiger partial charge in [0.2, 0.25) is 0 Å². The van der Waals surface area contributed by atoms with Crippen LogP contribution in [0, 0.1) is 18.8 Å². The van der Waals surface area contributed by atoms with Crippen molar-refractivity contribution in [1.29, 1.82) is 0 Å². The Balaban J connectivity index is 1.63. The van der Waals surface area contributed by atoms with E-state index >= 15 is 0 Å². The fraction of sp³-hybridized carbons (Fsp3) is 0.381. The van der Waals surface area contributed by atoms with Crippen LogP contribution in [0.5, 0.6) is 0 Å². The molecule has 2 fully saturated rings. The number of pyridine rings is 1. The molecule has 1 saturated carbocycles. The summed E-state index contributed by atoms with van der Waals surface area (Å²) in [6, 6.07) is 12.7. The summed E-state index contributed by atoms with van der Waals surface area (Å²) in [5.41, 5.74) is 2.94. The van der Waals surface area contributed by atoms with Gasteiger partial charge in [0.05, 0.1) is 17.0 Å². The molecule has 26 heavy (non-hydrogen) atoms. The summed E-state index contributed by atoms with van der Waals surface area (Å²) in [5.74, 6) is -0.694. The van der Waals surface area contributed by atoms with Crippen molar-refractivity contribution in [2.24, 2.45) is 11.8 Å². The average Bonchev–Trinajstić information content (AvgIpc) is 3.22. The minimum absolute atomic E-state index is 0.0910. The number of amides is 1. The van der Waals surface area contributed by atoms with Crippen LogP contribution in [-0.2, 0) is 4.79 Å². The molecular weight excluding hydrogens is 328 g/mol. The van der Waals surface area contributed by atoms with Crippen molar-refractivity contribution in [2.45, 2.75) is 32.2 Å². The number of carbonyl (C=O) groups excluding carboxylic acids is 1. The van der Waals surface area contributed by atoms with Crippen LogP contribution in [0.15, 0.2) is 42.5 Å². The number of aliphatic carboxylic acids is 1. The first-order valence-electron chi connectivity index (χ1n) is 9.13. The van der Waals surface area contributed by atoms with Gasteiger partial charge in [0, 0.05) is 12.1 Å². The van der Waals surface area contributed by atoms with Gasteiger partial charge in [-0.1, -0.05) is 36.8 Å². The molecule has 0 spiro atoms. The van der Waals surface area contributed by atoms with Crippen molar-refractivity contribution in [3.63, 3.8) is 0 Å². The molecule has 3 atom stereocenters. The Kier molecular flexibility index (Phi) is 4.23. The van der Waals surface area contributed by atoms with Crippen LogP contribution in [0.2, 0.25) is 0 Å². The Labute approximate surface area is 152 Å². The SMILES string of the molecule is Cc1nc(-c2ccccc2)ccc1C(=O)N1CC2CCCC2C1C(=O)O. The highest BCUT2D eigenvalue weighted by Crippen LogP contribution is 2.42. The molecule has 1 aliphatic heterocycles. The third kappa shape index (κ3) is 2.77. The summed E-state index contributed by atoms with van der Waals surface area (Å²) in [5, 5.41) is 9.68. The highest BCUT2D eigenvalue weighted by molar-refractivity contribution is 5.98. The number of aromatic nitrogens is 1. The van der Waals surface area contributed by atoms with E-state index < -0.39 is 12.0 Å². The number of fused-ring (bicyclic) bond motifs is 1. The van der Waals surface area contributed by atoms with Crippen molar-refractivity contribution in [2.75, 3.05) is 6.54 Å². The van der Waals surface area contributed by atoms with Crippen LogP contribution >= 0.6 is 0 Å². The number of hydrogen-bond donors (Lipinski definition) is 1. The van der Waals surface area contributed by atoms with Gasteiger partial charge in [-0.05, 0) is 43.7 Å². The number of hydrogen-bond acceptors (Lipinski definition) is 3. The minimum atomic E-state index is -0.890. The van der Waals surface area contributed by atoms with Crippen molar-refractivity contribution in [3.05, 3.63) is 53.7 Å². The van der Waals surface area contributed by atoms with E-state index in [4.69, 9.17) is 0 Å². The number of benzene rings is 1. The Morgan fingerprint density at radius 2 is 1.88 bits per heavy atom. The van der Waals surface area contributed by atoms with Crippen LogP contribution in [0.3, 0.4) is 0 Å². The molecule has 0 bridgehead atoms. The van der Waals surface area contributed by atoms with Crippen molar-refractivity contribution in [3.8, 4) is 11.3 Å². The largest absolute Gasteiger partial charge is 0.480 e. The average molecular weight is 350 g/mol. The molecule has 1 amide bonds. The van der Waals surface area contributed by atoms with Crippen molar-refractivity contribution in [1.82, 2.24) is 9.88 Å². The number of rotatable bonds is 3. The summed E-state index contributed by atoms with van der Waals surface area (Å²) < 4.78 is 0. The molecule has 2 heterocycles. The zero-order valence-electron chi connectivity index (χ0n) is 14.8. The normalized spacial score (nSPS) is 24.5. The quantitative estimate of drug-likeness (QED) is 0.921. The zero-order valence-corrected chi connectivity index (χ0v) is 14.8. The molecule has 0 radical (unpaired) electrons. The first kappa shape index (κ1) is 16.8. The Morgan fingerprint density at radius 1 is 1.12 bits per heavy atom. The molecule has 1 aromatic heterocycles. The summed E-state index contributed by atoms with van der Waals surface area (Å²) in [7, 11) is 0. The Morgan fingerprint density at radius 3 is 2.58 bits per heavy atom. The van der Waals surface area contributed by atoms with E-state index in [1.165, 1.54) is 0 Å².